The fourth-order valence-electron chi connectivity index (χ4n) is 2.03. The smallest absolute Gasteiger partial charge is 0.348 e. The van der Waals surface area contributed by atoms with Gasteiger partial charge in [0.1, 0.15) is 34.7 Å². The minimum absolute atomic E-state index is 0.176. The van der Waals surface area contributed by atoms with Crippen molar-refractivity contribution in [3.8, 4) is 0 Å². The molecule has 4 unspecified atom stereocenters. The molecule has 2 saturated heterocycles. The zero-order valence-corrected chi connectivity index (χ0v) is 11.8. The fraction of sp³-hybridized carbons (Fsp3) is 0.750. The topological polar surface area (TPSA) is 85.2 Å². The molecule has 0 aliphatic carbocycles. The van der Waals surface area contributed by atoms with Crippen LogP contribution in [0.25, 0.3) is 0 Å². The normalized spacial score (nSPS) is 42.2. The minimum atomic E-state index is -4.23. The van der Waals surface area contributed by atoms with Crippen LogP contribution in [0.1, 0.15) is 0 Å². The third kappa shape index (κ3) is 2.78. The predicted molar refractivity (Wildman–Crippen MR) is 68.0 cm³/mol. The van der Waals surface area contributed by atoms with Crippen molar-refractivity contribution >= 4 is 38.4 Å². The molecule has 0 aromatic carbocycles. The van der Waals surface area contributed by atoms with E-state index in [0.717, 1.165) is 5.82 Å². The molecule has 0 aromatic rings. The average Bonchev–Trinajstić information content (AvgIpc) is 2.53. The number of halogens is 1. The summed E-state index contributed by atoms with van der Waals surface area (Å²) in [7, 11) is 1.58. The Hall–Kier alpha value is 0.565. The highest BCUT2D eigenvalue weighted by Gasteiger charge is 2.55. The Kier molecular flexibility index (Phi) is 4.05. The van der Waals surface area contributed by atoms with Gasteiger partial charge in [0.2, 0.25) is 0 Å². The van der Waals surface area contributed by atoms with Gasteiger partial charge in [0.25, 0.3) is 0 Å². The molecule has 0 aromatic heterocycles. The van der Waals surface area contributed by atoms with E-state index in [4.69, 9.17) is 30.2 Å². The van der Waals surface area contributed by atoms with Crippen molar-refractivity contribution in [1.29, 1.82) is 0 Å². The highest BCUT2D eigenvalue weighted by molar-refractivity contribution is 14.1. The first-order valence-corrected chi connectivity index (χ1v) is 7.48. The lowest BCUT2D eigenvalue weighted by Crippen LogP contribution is -2.51. The van der Waals surface area contributed by atoms with E-state index in [1.54, 1.807) is 23.0 Å². The molecular weight excluding hydrogens is 361 g/mol. The third-order valence-electron chi connectivity index (χ3n) is 2.89. The van der Waals surface area contributed by atoms with Crippen LogP contribution in [0.4, 0.5) is 0 Å². The zero-order valence-electron chi connectivity index (χ0n) is 8.73. The quantitative estimate of drug-likeness (QED) is 0.428. The summed E-state index contributed by atoms with van der Waals surface area (Å²) in [6, 6.07) is 0. The predicted octanol–water partition coefficient (Wildman–Crippen LogP) is 0.538. The summed E-state index contributed by atoms with van der Waals surface area (Å²) in [6.45, 7) is 0.447. The Balaban J connectivity index is 2.25. The van der Waals surface area contributed by atoms with Crippen LogP contribution in [-0.4, -0.2) is 48.7 Å². The van der Waals surface area contributed by atoms with Gasteiger partial charge in [-0.2, -0.15) is 0 Å². The van der Waals surface area contributed by atoms with Crippen LogP contribution in [-0.2, 0) is 17.1 Å². The molecule has 0 amide bonds. The van der Waals surface area contributed by atoms with E-state index < -0.39 is 19.3 Å². The number of hydrogen-bond acceptors (Lipinski definition) is 4. The van der Waals surface area contributed by atoms with Crippen LogP contribution >= 0.6 is 30.6 Å². The lowest BCUT2D eigenvalue weighted by Gasteiger charge is -2.38. The molecule has 9 heteroatoms. The molecule has 4 atom stereocenters. The van der Waals surface area contributed by atoms with E-state index in [1.165, 1.54) is 6.08 Å². The Morgan fingerprint density at radius 3 is 2.88 bits per heavy atom. The molecule has 2 heterocycles. The second kappa shape index (κ2) is 4.92. The van der Waals surface area contributed by atoms with Crippen molar-refractivity contribution in [3.05, 3.63) is 11.9 Å². The molecule has 17 heavy (non-hydrogen) atoms. The number of rotatable bonds is 3. The molecule has 0 saturated carbocycles. The van der Waals surface area contributed by atoms with Crippen LogP contribution in [0.15, 0.2) is 11.9 Å². The Morgan fingerprint density at radius 1 is 1.59 bits per heavy atom. The highest BCUT2D eigenvalue weighted by Crippen LogP contribution is 2.45. The average molecular weight is 372 g/mol. The van der Waals surface area contributed by atoms with E-state index in [0.29, 0.717) is 0 Å². The molecule has 94 valence electrons. The Morgan fingerprint density at radius 2 is 2.29 bits per heavy atom. The summed E-state index contributed by atoms with van der Waals surface area (Å²) in [5, 5.41) is 0. The van der Waals surface area contributed by atoms with Gasteiger partial charge in [-0.3, -0.25) is 4.57 Å². The first kappa shape index (κ1) is 14.0. The Bertz CT molecular complexity index is 373. The SMILES string of the molecule is [B]C1COC2(/C=C/P(=O)(O)O)COC1C2OI. The summed E-state index contributed by atoms with van der Waals surface area (Å²) in [4.78, 5) is 17.7. The maximum atomic E-state index is 10.8. The lowest BCUT2D eigenvalue weighted by atomic mass is 9.76. The van der Waals surface area contributed by atoms with Gasteiger partial charge in [-0.25, -0.2) is 0 Å². The van der Waals surface area contributed by atoms with Crippen molar-refractivity contribution in [3.63, 3.8) is 0 Å². The van der Waals surface area contributed by atoms with Crippen molar-refractivity contribution in [2.24, 2.45) is 0 Å². The monoisotopic (exact) mass is 372 g/mol. The van der Waals surface area contributed by atoms with E-state index in [1.807, 2.05) is 0 Å². The van der Waals surface area contributed by atoms with Gasteiger partial charge in [-0.15, -0.1) is 0 Å². The van der Waals surface area contributed by atoms with Gasteiger partial charge < -0.3 is 22.3 Å². The van der Waals surface area contributed by atoms with Crippen molar-refractivity contribution in [2.45, 2.75) is 23.6 Å². The highest BCUT2D eigenvalue weighted by atomic mass is 127. The molecule has 2 bridgehead atoms. The molecule has 6 nitrogen and oxygen atoms in total. The van der Waals surface area contributed by atoms with Gasteiger partial charge in [0.05, 0.1) is 20.6 Å². The fourth-order valence-corrected chi connectivity index (χ4v) is 3.20. The second-order valence-corrected chi connectivity index (χ2v) is 6.10. The maximum absolute atomic E-state index is 10.8. The molecule has 2 aliphatic rings. The van der Waals surface area contributed by atoms with Gasteiger partial charge in [-0.1, -0.05) is 0 Å². The summed E-state index contributed by atoms with van der Waals surface area (Å²) in [6.07, 6.45) is 0.542. The first-order chi connectivity index (χ1) is 7.88. The molecule has 0 spiro atoms. The van der Waals surface area contributed by atoms with Crippen LogP contribution in [0.3, 0.4) is 0 Å². The van der Waals surface area contributed by atoms with Crippen LogP contribution in [0.2, 0.25) is 5.82 Å². The standard InChI is InChI=1S/C8H11BIO6P/c9-5-3-15-8(1-2-17(11,12)13)4-14-6(5)7(8)16-10/h1-2,5-7H,3-4H2,(H2,11,12,13)/b2-1+. The molecule has 2 rings (SSSR count). The van der Waals surface area contributed by atoms with Crippen LogP contribution in [0, 0.1) is 0 Å². The number of fused-ring (bicyclic) bond motifs is 2. The summed E-state index contributed by atoms with van der Waals surface area (Å²) < 4.78 is 27.1. The molecule has 2 radical (unpaired) electrons. The largest absolute Gasteiger partial charge is 0.372 e. The van der Waals surface area contributed by atoms with Gasteiger partial charge >= 0.3 is 7.60 Å². The number of ether oxygens (including phenoxy) is 2. The minimum Gasteiger partial charge on any atom is -0.372 e. The zero-order chi connectivity index (χ0) is 12.7. The van der Waals surface area contributed by atoms with E-state index >= 15 is 0 Å². The summed E-state index contributed by atoms with van der Waals surface area (Å²) in [5.41, 5.74) is -0.956. The molecule has 2 N–H and O–H groups in total. The van der Waals surface area contributed by atoms with Gasteiger partial charge in [0, 0.05) is 12.4 Å². The molecule has 2 fully saturated rings. The third-order valence-corrected chi connectivity index (χ3v) is 3.98. The van der Waals surface area contributed by atoms with E-state index in [-0.39, 0.29) is 25.1 Å². The molecular formula is C8H11BIO6P. The van der Waals surface area contributed by atoms with Crippen molar-refractivity contribution < 1.29 is 26.9 Å². The summed E-state index contributed by atoms with van der Waals surface area (Å²) >= 11 is 1.71. The van der Waals surface area contributed by atoms with Crippen molar-refractivity contribution in [2.75, 3.05) is 13.2 Å². The first-order valence-electron chi connectivity index (χ1n) is 4.92. The maximum Gasteiger partial charge on any atom is 0.348 e. The lowest BCUT2D eigenvalue weighted by molar-refractivity contribution is -0.0773. The van der Waals surface area contributed by atoms with E-state index in [2.05, 4.69) is 0 Å². The molecule has 2 aliphatic heterocycles. The van der Waals surface area contributed by atoms with Crippen LogP contribution in [0.5, 0.6) is 0 Å². The van der Waals surface area contributed by atoms with Crippen molar-refractivity contribution in [1.82, 2.24) is 0 Å². The second-order valence-electron chi connectivity index (χ2n) is 4.12. The van der Waals surface area contributed by atoms with E-state index in [9.17, 15) is 4.57 Å². The Labute approximate surface area is 114 Å². The van der Waals surface area contributed by atoms with Gasteiger partial charge in [-0.05, 0) is 11.9 Å². The van der Waals surface area contributed by atoms with Crippen LogP contribution < -0.4 is 0 Å². The van der Waals surface area contributed by atoms with Gasteiger partial charge in [0.15, 0.2) is 0 Å². The number of hydrogen-bond donors (Lipinski definition) is 2. The summed E-state index contributed by atoms with van der Waals surface area (Å²) in [5.74, 6) is 0.520.